The molecule has 1 amide bonds. The molecule has 0 bridgehead atoms. The maximum absolute atomic E-state index is 12.9. The van der Waals surface area contributed by atoms with Crippen LogP contribution in [0.25, 0.3) is 5.65 Å². The third kappa shape index (κ3) is 2.23. The van der Waals surface area contributed by atoms with Crippen LogP contribution in [0.5, 0.6) is 0 Å². The second kappa shape index (κ2) is 4.37. The van der Waals surface area contributed by atoms with Crippen LogP contribution in [-0.4, -0.2) is 27.6 Å². The number of halogens is 4. The van der Waals surface area contributed by atoms with E-state index in [1.165, 1.54) is 14.0 Å². The van der Waals surface area contributed by atoms with E-state index in [0.29, 0.717) is 4.52 Å². The molecule has 0 spiro atoms. The molecule has 1 N–H and O–H groups in total. The van der Waals surface area contributed by atoms with E-state index >= 15 is 0 Å². The molecule has 0 aliphatic heterocycles. The predicted molar refractivity (Wildman–Crippen MR) is 61.1 cm³/mol. The van der Waals surface area contributed by atoms with Crippen LogP contribution in [0, 0.1) is 6.92 Å². The zero-order chi connectivity index (χ0) is 14.4. The van der Waals surface area contributed by atoms with Crippen molar-refractivity contribution in [2.24, 2.45) is 0 Å². The highest BCUT2D eigenvalue weighted by Gasteiger charge is 2.36. The van der Waals surface area contributed by atoms with Gasteiger partial charge in [-0.25, -0.2) is 9.50 Å². The fraction of sp³-hybridized carbons (Fsp3) is 0.300. The normalized spacial score (nSPS) is 11.9. The molecule has 0 radical (unpaired) electrons. The fourth-order valence-corrected chi connectivity index (χ4v) is 1.82. The van der Waals surface area contributed by atoms with E-state index in [1.807, 2.05) is 0 Å². The minimum atomic E-state index is -4.62. The molecule has 0 saturated heterocycles. The Kier molecular flexibility index (Phi) is 3.13. The highest BCUT2D eigenvalue weighted by Crippen LogP contribution is 2.32. The number of rotatable bonds is 1. The third-order valence-electron chi connectivity index (χ3n) is 2.39. The van der Waals surface area contributed by atoms with Gasteiger partial charge < -0.3 is 5.32 Å². The van der Waals surface area contributed by atoms with Gasteiger partial charge in [0.15, 0.2) is 11.3 Å². The summed E-state index contributed by atoms with van der Waals surface area (Å²) in [5, 5.41) is 5.61. The molecule has 9 heteroatoms. The van der Waals surface area contributed by atoms with Gasteiger partial charge in [0.05, 0.1) is 0 Å². The molecule has 2 heterocycles. The maximum Gasteiger partial charge on any atom is 0.433 e. The lowest BCUT2D eigenvalue weighted by molar-refractivity contribution is -0.142. The molecule has 0 saturated carbocycles. The first-order valence-electron chi connectivity index (χ1n) is 5.11. The Labute approximate surface area is 110 Å². The van der Waals surface area contributed by atoms with Crippen molar-refractivity contribution in [3.63, 3.8) is 0 Å². The van der Waals surface area contributed by atoms with Gasteiger partial charge >= 0.3 is 6.18 Å². The first-order chi connectivity index (χ1) is 8.75. The molecule has 2 aromatic heterocycles. The molecular formula is C10H8ClF3N4O. The Morgan fingerprint density at radius 3 is 2.63 bits per heavy atom. The Bertz CT molecular complexity index is 665. The summed E-state index contributed by atoms with van der Waals surface area (Å²) in [6.45, 7) is 1.40. The quantitative estimate of drug-likeness (QED) is 0.875. The molecule has 2 rings (SSSR count). The van der Waals surface area contributed by atoms with Crippen molar-refractivity contribution in [2.75, 3.05) is 7.05 Å². The lowest BCUT2D eigenvalue weighted by Crippen LogP contribution is -2.19. The number of aromatic nitrogens is 3. The lowest BCUT2D eigenvalue weighted by Gasteiger charge is -2.09. The highest BCUT2D eigenvalue weighted by molar-refractivity contribution is 6.36. The van der Waals surface area contributed by atoms with E-state index < -0.39 is 17.8 Å². The average molecular weight is 293 g/mol. The van der Waals surface area contributed by atoms with Crippen molar-refractivity contribution in [2.45, 2.75) is 13.1 Å². The summed E-state index contributed by atoms with van der Waals surface area (Å²) >= 11 is 5.85. The van der Waals surface area contributed by atoms with E-state index in [0.717, 1.165) is 6.07 Å². The van der Waals surface area contributed by atoms with Gasteiger partial charge in [-0.2, -0.15) is 18.3 Å². The first-order valence-corrected chi connectivity index (χ1v) is 5.48. The molecular weight excluding hydrogens is 285 g/mol. The fourth-order valence-electron chi connectivity index (χ4n) is 1.58. The Hall–Kier alpha value is -1.83. The number of hydrogen-bond acceptors (Lipinski definition) is 3. The van der Waals surface area contributed by atoms with Gasteiger partial charge in [0.25, 0.3) is 5.91 Å². The Balaban J connectivity index is 2.83. The molecule has 0 unspecified atom stereocenters. The van der Waals surface area contributed by atoms with Crippen molar-refractivity contribution >= 4 is 23.2 Å². The summed E-state index contributed by atoms with van der Waals surface area (Å²) < 4.78 is 39.2. The molecule has 5 nitrogen and oxygen atoms in total. The van der Waals surface area contributed by atoms with Gasteiger partial charge in [0.1, 0.15) is 10.7 Å². The van der Waals surface area contributed by atoms with Gasteiger partial charge in [-0.1, -0.05) is 11.6 Å². The van der Waals surface area contributed by atoms with Gasteiger partial charge in [-0.15, -0.1) is 0 Å². The number of aryl methyl sites for hydroxylation is 1. The number of amides is 1. The van der Waals surface area contributed by atoms with Crippen LogP contribution < -0.4 is 5.32 Å². The van der Waals surface area contributed by atoms with Gasteiger partial charge in [0, 0.05) is 12.7 Å². The summed E-state index contributed by atoms with van der Waals surface area (Å²) in [4.78, 5) is 15.3. The minimum absolute atomic E-state index is 0.130. The summed E-state index contributed by atoms with van der Waals surface area (Å²) in [6, 6.07) is 0.837. The van der Waals surface area contributed by atoms with Gasteiger partial charge in [-0.05, 0) is 13.0 Å². The number of carbonyl (C=O) groups excluding carboxylic acids is 1. The van der Waals surface area contributed by atoms with Crippen LogP contribution in [0.2, 0.25) is 5.02 Å². The average Bonchev–Trinajstić information content (AvgIpc) is 2.64. The summed E-state index contributed by atoms with van der Waals surface area (Å²) in [7, 11) is 1.33. The zero-order valence-corrected chi connectivity index (χ0v) is 10.6. The number of fused-ring (bicyclic) bond motifs is 1. The number of carbonyl (C=O) groups is 1. The maximum atomic E-state index is 12.9. The molecule has 0 fully saturated rings. The summed E-state index contributed by atoms with van der Waals surface area (Å²) in [6.07, 6.45) is -4.62. The molecule has 0 aromatic carbocycles. The third-order valence-corrected chi connectivity index (χ3v) is 2.74. The lowest BCUT2D eigenvalue weighted by atomic mass is 10.3. The number of nitrogens with zero attached hydrogens (tertiary/aromatic N) is 3. The van der Waals surface area contributed by atoms with Crippen LogP contribution in [0.4, 0.5) is 13.2 Å². The van der Waals surface area contributed by atoms with Crippen LogP contribution in [0.1, 0.15) is 21.9 Å². The second-order valence-electron chi connectivity index (χ2n) is 3.76. The van der Waals surface area contributed by atoms with Gasteiger partial charge in [-0.3, -0.25) is 4.79 Å². The molecule has 102 valence electrons. The van der Waals surface area contributed by atoms with Crippen LogP contribution in [0.3, 0.4) is 0 Å². The highest BCUT2D eigenvalue weighted by atomic mass is 35.5. The predicted octanol–water partition coefficient (Wildman–Crippen LogP) is 2.07. The summed E-state index contributed by atoms with van der Waals surface area (Å²) in [5.74, 6) is -0.679. The molecule has 0 aliphatic carbocycles. The number of hydrogen-bond donors (Lipinski definition) is 1. The van der Waals surface area contributed by atoms with Crippen LogP contribution in [0.15, 0.2) is 6.07 Å². The van der Waals surface area contributed by atoms with Crippen molar-refractivity contribution in [3.05, 3.63) is 28.2 Å². The monoisotopic (exact) mass is 292 g/mol. The van der Waals surface area contributed by atoms with E-state index in [4.69, 9.17) is 11.6 Å². The van der Waals surface area contributed by atoms with E-state index in [1.54, 1.807) is 0 Å². The Morgan fingerprint density at radius 2 is 2.11 bits per heavy atom. The topological polar surface area (TPSA) is 59.3 Å². The van der Waals surface area contributed by atoms with Crippen molar-refractivity contribution < 1.29 is 18.0 Å². The van der Waals surface area contributed by atoms with Crippen molar-refractivity contribution in [1.29, 1.82) is 0 Å². The number of nitrogens with one attached hydrogen (secondary N) is 1. The molecule has 0 atom stereocenters. The second-order valence-corrected chi connectivity index (χ2v) is 4.14. The van der Waals surface area contributed by atoms with Crippen molar-refractivity contribution in [3.8, 4) is 0 Å². The molecule has 2 aromatic rings. The van der Waals surface area contributed by atoms with Crippen LogP contribution >= 0.6 is 11.6 Å². The zero-order valence-electron chi connectivity index (χ0n) is 9.84. The van der Waals surface area contributed by atoms with E-state index in [9.17, 15) is 18.0 Å². The minimum Gasteiger partial charge on any atom is -0.354 e. The first kappa shape index (κ1) is 13.6. The standard InChI is InChI=1S/C10H8ClF3N4O/c1-4-3-5(10(12,13)14)18-8(16-4)6(11)7(17-18)9(19)15-2/h3H,1-2H3,(H,15,19). The molecule has 0 aliphatic rings. The summed E-state index contributed by atoms with van der Waals surface area (Å²) in [5.41, 5.74) is -1.41. The van der Waals surface area contributed by atoms with E-state index in [-0.39, 0.29) is 22.1 Å². The smallest absolute Gasteiger partial charge is 0.354 e. The Morgan fingerprint density at radius 1 is 1.47 bits per heavy atom. The van der Waals surface area contributed by atoms with Gasteiger partial charge in [0.2, 0.25) is 0 Å². The SMILES string of the molecule is CNC(=O)c1nn2c(C(F)(F)F)cc(C)nc2c1Cl. The van der Waals surface area contributed by atoms with Crippen molar-refractivity contribution in [1.82, 2.24) is 19.9 Å². The molecule has 19 heavy (non-hydrogen) atoms. The number of alkyl halides is 3. The largest absolute Gasteiger partial charge is 0.433 e. The van der Waals surface area contributed by atoms with Crippen LogP contribution in [-0.2, 0) is 6.18 Å². The van der Waals surface area contributed by atoms with E-state index in [2.05, 4.69) is 15.4 Å².